The summed E-state index contributed by atoms with van der Waals surface area (Å²) < 4.78 is 18.4. The molecule has 0 radical (unpaired) electrons. The van der Waals surface area contributed by atoms with Crippen LogP contribution in [0.3, 0.4) is 0 Å². The van der Waals surface area contributed by atoms with Gasteiger partial charge in [-0.25, -0.2) is 4.99 Å². The van der Waals surface area contributed by atoms with Crippen molar-refractivity contribution >= 4 is 62.9 Å². The average Bonchev–Trinajstić information content (AvgIpc) is 3.21. The van der Waals surface area contributed by atoms with Gasteiger partial charge in [-0.1, -0.05) is 30.3 Å². The van der Waals surface area contributed by atoms with Crippen LogP contribution in [0.1, 0.15) is 18.1 Å². The first-order valence-electron chi connectivity index (χ1n) is 12.8. The average molecular weight is 656 g/mol. The Hall–Kier alpha value is -3.02. The number of amidine groups is 1. The SMILES string of the molecule is CCOc1cc(/C=C2\SC(=Nc3ccc(N4CCOCC4)cc3)N(C)C2=O)cc(I)c1OCc1ccccc1. The van der Waals surface area contributed by atoms with Crippen molar-refractivity contribution in [2.45, 2.75) is 13.5 Å². The molecule has 9 heteroatoms. The molecule has 7 nitrogen and oxygen atoms in total. The summed E-state index contributed by atoms with van der Waals surface area (Å²) in [7, 11) is 1.76. The minimum absolute atomic E-state index is 0.0824. The number of rotatable bonds is 8. The molecule has 2 saturated heterocycles. The monoisotopic (exact) mass is 655 g/mol. The summed E-state index contributed by atoms with van der Waals surface area (Å²) in [6, 6.07) is 22.1. The van der Waals surface area contributed by atoms with E-state index in [1.807, 2.05) is 67.6 Å². The van der Waals surface area contributed by atoms with Crippen LogP contribution in [-0.4, -0.2) is 55.9 Å². The Morgan fingerprint density at radius 1 is 1.05 bits per heavy atom. The van der Waals surface area contributed by atoms with Gasteiger partial charge in [0.1, 0.15) is 6.61 Å². The van der Waals surface area contributed by atoms with Gasteiger partial charge in [-0.05, 0) is 94.9 Å². The third kappa shape index (κ3) is 6.77. The Kier molecular flexibility index (Phi) is 9.10. The number of hydrogen-bond acceptors (Lipinski definition) is 7. The summed E-state index contributed by atoms with van der Waals surface area (Å²) in [5, 5.41) is 0.646. The van der Waals surface area contributed by atoms with Crippen molar-refractivity contribution in [1.29, 1.82) is 0 Å². The fourth-order valence-electron chi connectivity index (χ4n) is 4.28. The third-order valence-electron chi connectivity index (χ3n) is 6.31. The van der Waals surface area contributed by atoms with Crippen molar-refractivity contribution in [3.63, 3.8) is 0 Å². The van der Waals surface area contributed by atoms with Crippen LogP contribution in [0.2, 0.25) is 0 Å². The molecule has 0 aliphatic carbocycles. The summed E-state index contributed by atoms with van der Waals surface area (Å²) in [5.74, 6) is 1.28. The molecule has 0 bridgehead atoms. The molecule has 0 aromatic heterocycles. The molecular weight excluding hydrogens is 625 g/mol. The number of likely N-dealkylation sites (N-methyl/N-ethyl adjacent to an activating group) is 1. The van der Waals surface area contributed by atoms with Crippen LogP contribution in [0.25, 0.3) is 6.08 Å². The number of carbonyl (C=O) groups is 1. The van der Waals surface area contributed by atoms with Crippen LogP contribution in [0, 0.1) is 3.57 Å². The van der Waals surface area contributed by atoms with Crippen LogP contribution in [0.5, 0.6) is 11.5 Å². The van der Waals surface area contributed by atoms with Crippen molar-refractivity contribution in [2.75, 3.05) is 44.9 Å². The lowest BCUT2D eigenvalue weighted by Gasteiger charge is -2.28. The second-order valence-electron chi connectivity index (χ2n) is 9.02. The van der Waals surface area contributed by atoms with Gasteiger partial charge in [0.25, 0.3) is 5.91 Å². The van der Waals surface area contributed by atoms with Crippen molar-refractivity contribution in [2.24, 2.45) is 4.99 Å². The van der Waals surface area contributed by atoms with Crippen LogP contribution in [0.4, 0.5) is 11.4 Å². The van der Waals surface area contributed by atoms with E-state index in [1.54, 1.807) is 11.9 Å². The first-order valence-corrected chi connectivity index (χ1v) is 14.7. The van der Waals surface area contributed by atoms with E-state index in [2.05, 4.69) is 39.6 Å². The molecule has 0 saturated carbocycles. The molecule has 1 amide bonds. The van der Waals surface area contributed by atoms with Gasteiger partial charge < -0.3 is 19.1 Å². The number of benzene rings is 3. The van der Waals surface area contributed by atoms with E-state index in [1.165, 1.54) is 11.8 Å². The number of amides is 1. The van der Waals surface area contributed by atoms with E-state index in [9.17, 15) is 4.79 Å². The highest BCUT2D eigenvalue weighted by molar-refractivity contribution is 14.1. The van der Waals surface area contributed by atoms with Gasteiger partial charge in [0, 0.05) is 25.8 Å². The minimum Gasteiger partial charge on any atom is -0.490 e. The highest BCUT2D eigenvalue weighted by atomic mass is 127. The van der Waals surface area contributed by atoms with Crippen LogP contribution in [-0.2, 0) is 16.1 Å². The number of hydrogen-bond donors (Lipinski definition) is 0. The Balaban J connectivity index is 1.33. The quantitative estimate of drug-likeness (QED) is 0.209. The predicted octanol–water partition coefficient (Wildman–Crippen LogP) is 6.34. The summed E-state index contributed by atoms with van der Waals surface area (Å²) in [4.78, 5) is 22.3. The number of aliphatic imine (C=N–C) groups is 1. The van der Waals surface area contributed by atoms with Crippen LogP contribution >= 0.6 is 34.4 Å². The lowest BCUT2D eigenvalue weighted by atomic mass is 10.1. The van der Waals surface area contributed by atoms with Gasteiger partial charge in [0.2, 0.25) is 0 Å². The van der Waals surface area contributed by atoms with Gasteiger partial charge in [-0.15, -0.1) is 0 Å². The molecular formula is C30H30IN3O4S. The lowest BCUT2D eigenvalue weighted by molar-refractivity contribution is -0.121. The lowest BCUT2D eigenvalue weighted by Crippen LogP contribution is -2.36. The highest BCUT2D eigenvalue weighted by Gasteiger charge is 2.30. The summed E-state index contributed by atoms with van der Waals surface area (Å²) >= 11 is 3.63. The molecule has 5 rings (SSSR count). The first kappa shape index (κ1) is 27.5. The van der Waals surface area contributed by atoms with Crippen molar-refractivity contribution in [3.05, 3.63) is 86.3 Å². The van der Waals surface area contributed by atoms with Gasteiger partial charge in [0.05, 0.1) is 34.0 Å². The maximum Gasteiger partial charge on any atom is 0.266 e. The second kappa shape index (κ2) is 12.9. The summed E-state index contributed by atoms with van der Waals surface area (Å²) in [6.07, 6.45) is 1.89. The van der Waals surface area contributed by atoms with Gasteiger partial charge >= 0.3 is 0 Å². The third-order valence-corrected chi connectivity index (χ3v) is 8.17. The molecule has 0 atom stereocenters. The zero-order valence-electron chi connectivity index (χ0n) is 21.9. The normalized spacial score (nSPS) is 17.8. The van der Waals surface area contributed by atoms with Gasteiger partial charge in [0.15, 0.2) is 16.7 Å². The maximum absolute atomic E-state index is 13.1. The van der Waals surface area contributed by atoms with E-state index in [4.69, 9.17) is 19.2 Å². The first-order chi connectivity index (χ1) is 19.0. The van der Waals surface area contributed by atoms with E-state index < -0.39 is 0 Å². The molecule has 0 N–H and O–H groups in total. The van der Waals surface area contributed by atoms with E-state index in [-0.39, 0.29) is 5.91 Å². The maximum atomic E-state index is 13.1. The summed E-state index contributed by atoms with van der Waals surface area (Å²) in [6.45, 7) is 6.17. The van der Waals surface area contributed by atoms with Crippen molar-refractivity contribution in [3.8, 4) is 11.5 Å². The number of morpholine rings is 1. The number of anilines is 1. The molecule has 2 fully saturated rings. The Labute approximate surface area is 247 Å². The largest absolute Gasteiger partial charge is 0.490 e. The molecule has 3 aromatic carbocycles. The second-order valence-corrected chi connectivity index (χ2v) is 11.2. The molecule has 2 aliphatic heterocycles. The number of halogens is 1. The number of carbonyl (C=O) groups excluding carboxylic acids is 1. The molecule has 39 heavy (non-hydrogen) atoms. The summed E-state index contributed by atoms with van der Waals surface area (Å²) in [5.41, 5.74) is 3.92. The number of nitrogens with zero attached hydrogens (tertiary/aromatic N) is 3. The zero-order chi connectivity index (χ0) is 27.2. The van der Waals surface area contributed by atoms with E-state index >= 15 is 0 Å². The molecule has 2 heterocycles. The van der Waals surface area contributed by atoms with Crippen molar-refractivity contribution < 1.29 is 19.0 Å². The smallest absolute Gasteiger partial charge is 0.266 e. The number of ether oxygens (including phenoxy) is 3. The van der Waals surface area contributed by atoms with Gasteiger partial charge in [-0.3, -0.25) is 9.69 Å². The fraction of sp³-hybridized carbons (Fsp3) is 0.267. The minimum atomic E-state index is -0.0824. The Bertz CT molecular complexity index is 1370. The Morgan fingerprint density at radius 2 is 1.79 bits per heavy atom. The van der Waals surface area contributed by atoms with E-state index in [0.29, 0.717) is 34.8 Å². The molecule has 202 valence electrons. The Morgan fingerprint density at radius 3 is 2.51 bits per heavy atom. The standard InChI is InChI=1S/C30H30IN3O4S/c1-3-37-26-18-22(17-25(31)28(26)38-20-21-7-5-4-6-8-21)19-27-29(35)33(2)30(39-27)32-23-9-11-24(12-10-23)34-13-15-36-16-14-34/h4-12,17-19H,3,13-16,20H2,1-2H3/b27-19-,32-30?. The van der Waals surface area contributed by atoms with Crippen LogP contribution < -0.4 is 14.4 Å². The van der Waals surface area contributed by atoms with Crippen LogP contribution in [0.15, 0.2) is 76.6 Å². The topological polar surface area (TPSA) is 63.6 Å². The molecule has 0 unspecified atom stereocenters. The van der Waals surface area contributed by atoms with Crippen molar-refractivity contribution in [1.82, 2.24) is 4.90 Å². The molecule has 0 spiro atoms. The molecule has 3 aromatic rings. The fourth-order valence-corrected chi connectivity index (χ4v) is 6.04. The van der Waals surface area contributed by atoms with Gasteiger partial charge in [-0.2, -0.15) is 0 Å². The molecule has 2 aliphatic rings. The predicted molar refractivity (Wildman–Crippen MR) is 166 cm³/mol. The van der Waals surface area contributed by atoms with E-state index in [0.717, 1.165) is 52.4 Å². The highest BCUT2D eigenvalue weighted by Crippen LogP contribution is 2.38. The zero-order valence-corrected chi connectivity index (χ0v) is 24.9. The number of thioether (sulfide) groups is 1.